The van der Waals surface area contributed by atoms with Gasteiger partial charge in [-0.15, -0.1) is 0 Å². The van der Waals surface area contributed by atoms with E-state index >= 15 is 0 Å². The summed E-state index contributed by atoms with van der Waals surface area (Å²) in [6.45, 7) is 4.05. The second-order valence-corrected chi connectivity index (χ2v) is 9.33. The molecule has 1 aliphatic heterocycles. The lowest BCUT2D eigenvalue weighted by Crippen LogP contribution is -2.35. The van der Waals surface area contributed by atoms with Crippen molar-refractivity contribution in [2.75, 3.05) is 18.4 Å². The van der Waals surface area contributed by atoms with Gasteiger partial charge in [-0.2, -0.15) is 4.31 Å². The van der Waals surface area contributed by atoms with Gasteiger partial charge in [0.15, 0.2) is 0 Å². The van der Waals surface area contributed by atoms with Gasteiger partial charge in [-0.3, -0.25) is 9.59 Å². The molecule has 2 amide bonds. The van der Waals surface area contributed by atoms with Crippen LogP contribution >= 0.6 is 0 Å². The zero-order valence-corrected chi connectivity index (χ0v) is 17.7. The number of nitrogens with two attached hydrogens (primary N) is 1. The SMILES string of the molecule is Cc1ccc(S(=O)(=O)N2CCCCC2)cc1C(=O)Nc1cc(C(N)=O)cc(F)c1C. The topological polar surface area (TPSA) is 110 Å². The lowest BCUT2D eigenvalue weighted by molar-refractivity contribution is 0.0995. The first-order valence-electron chi connectivity index (χ1n) is 9.63. The van der Waals surface area contributed by atoms with Crippen molar-refractivity contribution in [3.63, 3.8) is 0 Å². The Kier molecular flexibility index (Phi) is 6.23. The van der Waals surface area contributed by atoms with Crippen LogP contribution in [0, 0.1) is 19.7 Å². The molecule has 1 saturated heterocycles. The number of sulfonamides is 1. The summed E-state index contributed by atoms with van der Waals surface area (Å²) >= 11 is 0. The Morgan fingerprint density at radius 3 is 2.37 bits per heavy atom. The van der Waals surface area contributed by atoms with E-state index < -0.39 is 27.7 Å². The molecule has 0 unspecified atom stereocenters. The molecule has 0 radical (unpaired) electrons. The number of hydrogen-bond donors (Lipinski definition) is 2. The van der Waals surface area contributed by atoms with Crippen molar-refractivity contribution in [3.05, 3.63) is 58.4 Å². The number of primary amides is 1. The molecule has 0 spiro atoms. The predicted octanol–water partition coefficient (Wildman–Crippen LogP) is 2.97. The quantitative estimate of drug-likeness (QED) is 0.755. The van der Waals surface area contributed by atoms with E-state index in [0.29, 0.717) is 18.7 Å². The molecule has 2 aromatic carbocycles. The summed E-state index contributed by atoms with van der Waals surface area (Å²) in [5.41, 5.74) is 6.09. The highest BCUT2D eigenvalue weighted by Gasteiger charge is 2.27. The van der Waals surface area contributed by atoms with Crippen LogP contribution in [0.2, 0.25) is 0 Å². The molecule has 160 valence electrons. The number of hydrogen-bond acceptors (Lipinski definition) is 4. The van der Waals surface area contributed by atoms with Crippen molar-refractivity contribution in [1.29, 1.82) is 0 Å². The van der Waals surface area contributed by atoms with Gasteiger partial charge in [0.1, 0.15) is 5.82 Å². The molecule has 2 aromatic rings. The van der Waals surface area contributed by atoms with Gasteiger partial charge in [0.2, 0.25) is 15.9 Å². The number of rotatable bonds is 5. The summed E-state index contributed by atoms with van der Waals surface area (Å²) in [4.78, 5) is 24.3. The predicted molar refractivity (Wildman–Crippen MR) is 111 cm³/mol. The van der Waals surface area contributed by atoms with E-state index in [1.165, 1.54) is 29.4 Å². The molecule has 0 aromatic heterocycles. The molecule has 7 nitrogen and oxygen atoms in total. The maximum absolute atomic E-state index is 14.1. The average Bonchev–Trinajstić information content (AvgIpc) is 2.71. The molecular weight excluding hydrogens is 409 g/mol. The van der Waals surface area contributed by atoms with Gasteiger partial charge >= 0.3 is 0 Å². The number of halogens is 1. The average molecular weight is 434 g/mol. The third-order valence-electron chi connectivity index (χ3n) is 5.28. The maximum Gasteiger partial charge on any atom is 0.255 e. The van der Waals surface area contributed by atoms with Crippen molar-refractivity contribution >= 4 is 27.5 Å². The molecule has 0 bridgehead atoms. The number of aryl methyl sites for hydroxylation is 1. The van der Waals surface area contributed by atoms with Crippen molar-refractivity contribution in [1.82, 2.24) is 4.31 Å². The number of anilines is 1. The Bertz CT molecular complexity index is 1110. The number of piperidine rings is 1. The van der Waals surface area contributed by atoms with Crippen LogP contribution in [0.1, 0.15) is 51.1 Å². The fourth-order valence-electron chi connectivity index (χ4n) is 3.40. The van der Waals surface area contributed by atoms with Gasteiger partial charge in [0.05, 0.1) is 4.90 Å². The van der Waals surface area contributed by atoms with E-state index in [1.54, 1.807) is 13.0 Å². The van der Waals surface area contributed by atoms with Gasteiger partial charge in [0, 0.05) is 35.5 Å². The minimum atomic E-state index is -3.71. The highest BCUT2D eigenvalue weighted by atomic mass is 32.2. The largest absolute Gasteiger partial charge is 0.366 e. The number of nitrogens with zero attached hydrogens (tertiary/aromatic N) is 1. The minimum absolute atomic E-state index is 0.0361. The highest BCUT2D eigenvalue weighted by Crippen LogP contribution is 2.25. The first-order valence-corrected chi connectivity index (χ1v) is 11.1. The van der Waals surface area contributed by atoms with Gasteiger partial charge in [0.25, 0.3) is 5.91 Å². The Labute approximate surface area is 175 Å². The van der Waals surface area contributed by atoms with Crippen molar-refractivity contribution in [3.8, 4) is 0 Å². The molecular formula is C21H24FN3O4S. The Hall–Kier alpha value is -2.78. The second kappa shape index (κ2) is 8.53. The fraction of sp³-hybridized carbons (Fsp3) is 0.333. The van der Waals surface area contributed by atoms with Crippen LogP contribution in [0.3, 0.4) is 0 Å². The molecule has 3 N–H and O–H groups in total. The van der Waals surface area contributed by atoms with Gasteiger partial charge in [-0.05, 0) is 56.5 Å². The van der Waals surface area contributed by atoms with E-state index in [0.717, 1.165) is 25.3 Å². The summed E-state index contributed by atoms with van der Waals surface area (Å²) in [7, 11) is -3.71. The van der Waals surface area contributed by atoms with Crippen LogP contribution in [0.4, 0.5) is 10.1 Å². The van der Waals surface area contributed by atoms with Crippen molar-refractivity contribution < 1.29 is 22.4 Å². The molecule has 0 aliphatic carbocycles. The lowest BCUT2D eigenvalue weighted by Gasteiger charge is -2.26. The number of benzene rings is 2. The molecule has 1 heterocycles. The highest BCUT2D eigenvalue weighted by molar-refractivity contribution is 7.89. The maximum atomic E-state index is 14.1. The summed E-state index contributed by atoms with van der Waals surface area (Å²) in [5.74, 6) is -2.11. The smallest absolute Gasteiger partial charge is 0.255 e. The van der Waals surface area contributed by atoms with Crippen LogP contribution in [0.15, 0.2) is 35.2 Å². The Balaban J connectivity index is 1.94. The first-order chi connectivity index (χ1) is 14.1. The molecule has 1 aliphatic rings. The summed E-state index contributed by atoms with van der Waals surface area (Å²) in [6, 6.07) is 6.68. The molecule has 30 heavy (non-hydrogen) atoms. The zero-order chi connectivity index (χ0) is 22.1. The summed E-state index contributed by atoms with van der Waals surface area (Å²) in [5, 5.41) is 2.57. The van der Waals surface area contributed by atoms with E-state index in [9.17, 15) is 22.4 Å². The first kappa shape index (κ1) is 21.9. The zero-order valence-electron chi connectivity index (χ0n) is 16.9. The number of carbonyl (C=O) groups is 2. The fourth-order valence-corrected chi connectivity index (χ4v) is 4.94. The second-order valence-electron chi connectivity index (χ2n) is 7.39. The van der Waals surface area contributed by atoms with Crippen molar-refractivity contribution in [2.24, 2.45) is 5.73 Å². The molecule has 3 rings (SSSR count). The Morgan fingerprint density at radius 1 is 1.07 bits per heavy atom. The van der Waals surface area contributed by atoms with Gasteiger partial charge < -0.3 is 11.1 Å². The van der Waals surface area contributed by atoms with Crippen LogP contribution in [-0.2, 0) is 10.0 Å². The third-order valence-corrected chi connectivity index (χ3v) is 7.18. The van der Waals surface area contributed by atoms with Crippen LogP contribution in [0.5, 0.6) is 0 Å². The van der Waals surface area contributed by atoms with E-state index in [2.05, 4.69) is 5.32 Å². The summed E-state index contributed by atoms with van der Waals surface area (Å²) < 4.78 is 41.4. The van der Waals surface area contributed by atoms with Gasteiger partial charge in [-0.1, -0.05) is 12.5 Å². The van der Waals surface area contributed by atoms with E-state index in [-0.39, 0.29) is 27.3 Å². The molecule has 0 saturated carbocycles. The number of carbonyl (C=O) groups excluding carboxylic acids is 2. The third kappa shape index (κ3) is 4.36. The molecule has 9 heteroatoms. The van der Waals surface area contributed by atoms with E-state index in [4.69, 9.17) is 5.73 Å². The van der Waals surface area contributed by atoms with Crippen molar-refractivity contribution in [2.45, 2.75) is 38.0 Å². The van der Waals surface area contributed by atoms with Gasteiger partial charge in [-0.25, -0.2) is 12.8 Å². The molecule has 0 atom stereocenters. The normalized spacial score (nSPS) is 15.0. The monoisotopic (exact) mass is 433 g/mol. The van der Waals surface area contributed by atoms with E-state index in [1.807, 2.05) is 0 Å². The lowest BCUT2D eigenvalue weighted by atomic mass is 10.1. The van der Waals surface area contributed by atoms with Crippen LogP contribution in [0.25, 0.3) is 0 Å². The number of nitrogens with one attached hydrogen (secondary N) is 1. The number of amides is 2. The standard InChI is InChI=1S/C21H24FN3O4S/c1-13-6-7-16(30(28,29)25-8-4-3-5-9-25)12-17(13)21(27)24-19-11-15(20(23)26)10-18(22)14(19)2/h6-7,10-12H,3-5,8-9H2,1-2H3,(H2,23,26)(H,24,27). The van der Waals surface area contributed by atoms with Crippen LogP contribution < -0.4 is 11.1 Å². The minimum Gasteiger partial charge on any atom is -0.366 e. The Morgan fingerprint density at radius 2 is 1.73 bits per heavy atom. The summed E-state index contributed by atoms with van der Waals surface area (Å²) in [6.07, 6.45) is 2.60. The van der Waals surface area contributed by atoms with Crippen LogP contribution in [-0.4, -0.2) is 37.6 Å². The molecule has 1 fully saturated rings.